The molecule has 1 aliphatic rings. The number of carbonyl (C=O) groups excluding carboxylic acids is 2. The van der Waals surface area contributed by atoms with Crippen molar-refractivity contribution in [2.75, 3.05) is 6.54 Å². The molecule has 0 aliphatic heterocycles. The molecule has 2 rings (SSSR count). The molecule has 6 nitrogen and oxygen atoms in total. The van der Waals surface area contributed by atoms with Crippen molar-refractivity contribution >= 4 is 17.8 Å². The molecule has 7 heteroatoms. The van der Waals surface area contributed by atoms with Gasteiger partial charge in [-0.2, -0.15) is 0 Å². The number of halogens is 1. The summed E-state index contributed by atoms with van der Waals surface area (Å²) >= 11 is 0. The zero-order chi connectivity index (χ0) is 17.5. The van der Waals surface area contributed by atoms with Gasteiger partial charge < -0.3 is 15.7 Å². The van der Waals surface area contributed by atoms with Crippen LogP contribution in [0.3, 0.4) is 0 Å². The van der Waals surface area contributed by atoms with Crippen molar-refractivity contribution in [1.82, 2.24) is 10.6 Å². The second-order valence-electron chi connectivity index (χ2n) is 5.97. The molecule has 0 spiro atoms. The number of benzene rings is 1. The molecule has 130 valence electrons. The summed E-state index contributed by atoms with van der Waals surface area (Å²) in [5.41, 5.74) is 0.337. The maximum absolute atomic E-state index is 12.8. The van der Waals surface area contributed by atoms with E-state index >= 15 is 0 Å². The van der Waals surface area contributed by atoms with Gasteiger partial charge in [0.2, 0.25) is 5.91 Å². The molecule has 1 aromatic rings. The van der Waals surface area contributed by atoms with Gasteiger partial charge in [-0.1, -0.05) is 0 Å². The van der Waals surface area contributed by atoms with Crippen molar-refractivity contribution in [1.29, 1.82) is 0 Å². The van der Waals surface area contributed by atoms with E-state index in [-0.39, 0.29) is 36.7 Å². The Bertz CT molecular complexity index is 595. The summed E-state index contributed by atoms with van der Waals surface area (Å²) in [4.78, 5) is 34.5. The molecule has 0 radical (unpaired) electrons. The molecule has 0 unspecified atom stereocenters. The molecule has 1 aromatic carbocycles. The molecule has 24 heavy (non-hydrogen) atoms. The maximum atomic E-state index is 12.8. The second-order valence-corrected chi connectivity index (χ2v) is 5.97. The van der Waals surface area contributed by atoms with Gasteiger partial charge in [-0.05, 0) is 49.9 Å². The van der Waals surface area contributed by atoms with Crippen molar-refractivity contribution < 1.29 is 23.9 Å². The van der Waals surface area contributed by atoms with Crippen LogP contribution in [0.5, 0.6) is 0 Å². The number of hydrogen-bond donors (Lipinski definition) is 3. The molecule has 1 saturated carbocycles. The van der Waals surface area contributed by atoms with E-state index in [1.807, 2.05) is 0 Å². The van der Waals surface area contributed by atoms with Crippen LogP contribution in [0.2, 0.25) is 0 Å². The Morgan fingerprint density at radius 2 is 1.71 bits per heavy atom. The normalized spacial score (nSPS) is 20.2. The minimum Gasteiger partial charge on any atom is -0.481 e. The standard InChI is InChI=1S/C17H21FN2O4/c18-13-5-1-11(2-6-13)16(22)19-10-9-15(21)20-14-7-3-12(4-8-14)17(23)24/h1-2,5-6,12,14H,3-4,7-10H2,(H,19,22)(H,20,21)(H,23,24). The number of nitrogens with one attached hydrogen (secondary N) is 2. The predicted molar refractivity (Wildman–Crippen MR) is 84.9 cm³/mol. The van der Waals surface area contributed by atoms with Gasteiger partial charge >= 0.3 is 5.97 Å². The lowest BCUT2D eigenvalue weighted by Gasteiger charge is -2.26. The summed E-state index contributed by atoms with van der Waals surface area (Å²) in [6, 6.07) is 5.17. The summed E-state index contributed by atoms with van der Waals surface area (Å²) < 4.78 is 12.8. The van der Waals surface area contributed by atoms with E-state index in [1.165, 1.54) is 24.3 Å². The summed E-state index contributed by atoms with van der Waals surface area (Å²) in [6.07, 6.45) is 2.60. The molecule has 1 aliphatic carbocycles. The first-order valence-corrected chi connectivity index (χ1v) is 8.01. The highest BCUT2D eigenvalue weighted by molar-refractivity contribution is 5.94. The minimum atomic E-state index is -0.775. The van der Waals surface area contributed by atoms with Crippen LogP contribution >= 0.6 is 0 Å². The molecule has 0 aromatic heterocycles. The third-order valence-electron chi connectivity index (χ3n) is 4.19. The molecule has 3 N–H and O–H groups in total. The smallest absolute Gasteiger partial charge is 0.306 e. The molecular weight excluding hydrogens is 315 g/mol. The van der Waals surface area contributed by atoms with Crippen molar-refractivity contribution in [2.24, 2.45) is 5.92 Å². The fourth-order valence-electron chi connectivity index (χ4n) is 2.78. The van der Waals surface area contributed by atoms with Gasteiger partial charge in [-0.15, -0.1) is 0 Å². The van der Waals surface area contributed by atoms with Gasteiger partial charge in [-0.3, -0.25) is 14.4 Å². The quantitative estimate of drug-likeness (QED) is 0.737. The lowest BCUT2D eigenvalue weighted by molar-refractivity contribution is -0.142. The van der Waals surface area contributed by atoms with Crippen LogP contribution in [0.15, 0.2) is 24.3 Å². The molecule has 1 fully saturated rings. The third-order valence-corrected chi connectivity index (χ3v) is 4.19. The number of hydrogen-bond acceptors (Lipinski definition) is 3. The first-order chi connectivity index (χ1) is 11.5. The Balaban J connectivity index is 1.66. The lowest BCUT2D eigenvalue weighted by atomic mass is 9.86. The van der Waals surface area contributed by atoms with Gasteiger partial charge in [0.25, 0.3) is 5.91 Å². The number of rotatable bonds is 6. The van der Waals surface area contributed by atoms with E-state index in [4.69, 9.17) is 5.11 Å². The van der Waals surface area contributed by atoms with Crippen LogP contribution in [-0.2, 0) is 9.59 Å². The average molecular weight is 336 g/mol. The molecule has 0 heterocycles. The van der Waals surface area contributed by atoms with Gasteiger partial charge in [0.15, 0.2) is 0 Å². The summed E-state index contributed by atoms with van der Waals surface area (Å²) in [5.74, 6) is -2.03. The maximum Gasteiger partial charge on any atom is 0.306 e. The Morgan fingerprint density at radius 3 is 2.29 bits per heavy atom. The van der Waals surface area contributed by atoms with Crippen molar-refractivity contribution in [3.05, 3.63) is 35.6 Å². The van der Waals surface area contributed by atoms with E-state index in [2.05, 4.69) is 10.6 Å². The van der Waals surface area contributed by atoms with Crippen LogP contribution < -0.4 is 10.6 Å². The topological polar surface area (TPSA) is 95.5 Å². The van der Waals surface area contributed by atoms with Gasteiger partial charge in [0.05, 0.1) is 5.92 Å². The summed E-state index contributed by atoms with van der Waals surface area (Å²) in [7, 11) is 0. The molecule has 0 bridgehead atoms. The molecule has 2 amide bonds. The van der Waals surface area contributed by atoms with Gasteiger partial charge in [0, 0.05) is 24.6 Å². The second kappa shape index (κ2) is 8.42. The van der Waals surface area contributed by atoms with Gasteiger partial charge in [0.1, 0.15) is 5.82 Å². The summed E-state index contributed by atoms with van der Waals surface area (Å²) in [5, 5.41) is 14.4. The van der Waals surface area contributed by atoms with Crippen LogP contribution in [0.1, 0.15) is 42.5 Å². The first kappa shape index (κ1) is 17.9. The Hall–Kier alpha value is -2.44. The zero-order valence-electron chi connectivity index (χ0n) is 13.3. The van der Waals surface area contributed by atoms with Crippen LogP contribution in [0, 0.1) is 11.7 Å². The Kier molecular flexibility index (Phi) is 6.28. The lowest BCUT2D eigenvalue weighted by Crippen LogP contribution is -2.40. The van der Waals surface area contributed by atoms with Crippen LogP contribution in [-0.4, -0.2) is 35.5 Å². The largest absolute Gasteiger partial charge is 0.481 e. The van der Waals surface area contributed by atoms with Crippen molar-refractivity contribution in [3.8, 4) is 0 Å². The third kappa shape index (κ3) is 5.33. The van der Waals surface area contributed by atoms with Crippen LogP contribution in [0.25, 0.3) is 0 Å². The van der Waals surface area contributed by atoms with E-state index in [1.54, 1.807) is 0 Å². The number of carboxylic acid groups (broad SMARTS) is 1. The SMILES string of the molecule is O=C(CCNC(=O)c1ccc(F)cc1)NC1CCC(C(=O)O)CC1. The molecular formula is C17H21FN2O4. The fraction of sp³-hybridized carbons (Fsp3) is 0.471. The highest BCUT2D eigenvalue weighted by atomic mass is 19.1. The summed E-state index contributed by atoms with van der Waals surface area (Å²) in [6.45, 7) is 0.187. The van der Waals surface area contributed by atoms with E-state index < -0.39 is 11.8 Å². The minimum absolute atomic E-state index is 0.000833. The first-order valence-electron chi connectivity index (χ1n) is 8.01. The average Bonchev–Trinajstić information content (AvgIpc) is 2.55. The number of carbonyl (C=O) groups is 3. The van der Waals surface area contributed by atoms with Gasteiger partial charge in [-0.25, -0.2) is 4.39 Å². The van der Waals surface area contributed by atoms with Crippen LogP contribution in [0.4, 0.5) is 4.39 Å². The van der Waals surface area contributed by atoms with E-state index in [9.17, 15) is 18.8 Å². The zero-order valence-corrected chi connectivity index (χ0v) is 13.3. The molecule has 0 atom stereocenters. The van der Waals surface area contributed by atoms with E-state index in [0.29, 0.717) is 31.2 Å². The predicted octanol–water partition coefficient (Wildman–Crippen LogP) is 1.71. The monoisotopic (exact) mass is 336 g/mol. The molecule has 0 saturated heterocycles. The number of amides is 2. The fourth-order valence-corrected chi connectivity index (χ4v) is 2.78. The highest BCUT2D eigenvalue weighted by Gasteiger charge is 2.26. The van der Waals surface area contributed by atoms with E-state index in [0.717, 1.165) is 0 Å². The van der Waals surface area contributed by atoms with Crippen molar-refractivity contribution in [2.45, 2.75) is 38.1 Å². The number of carboxylic acids is 1. The Morgan fingerprint density at radius 1 is 1.08 bits per heavy atom. The highest BCUT2D eigenvalue weighted by Crippen LogP contribution is 2.24. The van der Waals surface area contributed by atoms with Crippen molar-refractivity contribution in [3.63, 3.8) is 0 Å². The number of aliphatic carboxylic acids is 1. The Labute approximate surface area is 139 Å².